The van der Waals surface area contributed by atoms with Crippen LogP contribution >= 0.6 is 15.9 Å². The molecule has 1 N–H and O–H groups in total. The molecule has 0 fully saturated rings. The lowest BCUT2D eigenvalue weighted by Gasteiger charge is -2.13. The van der Waals surface area contributed by atoms with Crippen molar-refractivity contribution in [1.29, 1.82) is 0 Å². The van der Waals surface area contributed by atoms with E-state index in [1.807, 2.05) is 12.1 Å². The van der Waals surface area contributed by atoms with E-state index in [2.05, 4.69) is 15.9 Å². The van der Waals surface area contributed by atoms with Crippen LogP contribution in [0.2, 0.25) is 0 Å². The van der Waals surface area contributed by atoms with E-state index < -0.39 is 0 Å². The third-order valence-electron chi connectivity index (χ3n) is 3.79. The molecule has 0 amide bonds. The van der Waals surface area contributed by atoms with Crippen LogP contribution in [-0.4, -0.2) is 47.8 Å². The maximum Gasteiger partial charge on any atom is 0.203 e. The first kappa shape index (κ1) is 23.7. The van der Waals surface area contributed by atoms with Crippen LogP contribution in [0.4, 0.5) is 0 Å². The third kappa shape index (κ3) is 5.84. The van der Waals surface area contributed by atoms with E-state index in [4.69, 9.17) is 33.5 Å². The highest BCUT2D eigenvalue weighted by atomic mass is 79.9. The molecule has 0 aliphatic rings. The van der Waals surface area contributed by atoms with Gasteiger partial charge in [-0.25, -0.2) is 0 Å². The first-order valence-corrected chi connectivity index (χ1v) is 9.40. The number of halogens is 1. The minimum Gasteiger partial charge on any atom is -0.493 e. The van der Waals surface area contributed by atoms with Gasteiger partial charge >= 0.3 is 0 Å². The molecule has 0 heterocycles. The van der Waals surface area contributed by atoms with Crippen LogP contribution in [0.15, 0.2) is 24.3 Å². The van der Waals surface area contributed by atoms with Gasteiger partial charge in [0.15, 0.2) is 23.0 Å². The number of aliphatic hydroxyl groups is 1. The lowest BCUT2D eigenvalue weighted by atomic mass is 10.2. The zero-order valence-electron chi connectivity index (χ0n) is 17.0. The second kappa shape index (κ2) is 12.2. The summed E-state index contributed by atoms with van der Waals surface area (Å²) >= 11 is 3.38. The predicted molar refractivity (Wildman–Crippen MR) is 111 cm³/mol. The second-order valence-corrected chi connectivity index (χ2v) is 5.92. The summed E-state index contributed by atoms with van der Waals surface area (Å²) < 4.78 is 30.9. The largest absolute Gasteiger partial charge is 0.493 e. The lowest BCUT2D eigenvalue weighted by molar-refractivity contribution is 0.277. The van der Waals surface area contributed by atoms with E-state index in [0.717, 1.165) is 16.5 Å². The van der Waals surface area contributed by atoms with Gasteiger partial charge in [-0.05, 0) is 35.4 Å². The normalized spacial score (nSPS) is 9.71. The predicted octanol–water partition coefficient (Wildman–Crippen LogP) is 3.81. The van der Waals surface area contributed by atoms with Crippen LogP contribution in [0.3, 0.4) is 0 Å². The minimum absolute atomic E-state index is 0.0588. The van der Waals surface area contributed by atoms with Gasteiger partial charge in [-0.2, -0.15) is 0 Å². The van der Waals surface area contributed by atoms with Crippen molar-refractivity contribution in [3.05, 3.63) is 35.4 Å². The van der Waals surface area contributed by atoms with Crippen LogP contribution < -0.4 is 28.4 Å². The van der Waals surface area contributed by atoms with Gasteiger partial charge in [0.25, 0.3) is 0 Å². The first-order valence-electron chi connectivity index (χ1n) is 8.27. The molecule has 0 aliphatic heterocycles. The van der Waals surface area contributed by atoms with E-state index in [1.54, 1.807) is 54.8 Å². The summed E-state index contributed by atoms with van der Waals surface area (Å²) in [5.74, 6) is 3.63. The maximum absolute atomic E-state index is 8.99. The summed E-state index contributed by atoms with van der Waals surface area (Å²) in [4.78, 5) is 0. The van der Waals surface area contributed by atoms with Gasteiger partial charge in [0.05, 0.1) is 49.3 Å². The molecule has 7 nitrogen and oxygen atoms in total. The molecule has 0 aliphatic carbocycles. The van der Waals surface area contributed by atoms with Crippen molar-refractivity contribution in [3.63, 3.8) is 0 Å². The molecule has 0 radical (unpaired) electrons. The molecule has 0 aromatic heterocycles. The van der Waals surface area contributed by atoms with E-state index in [-0.39, 0.29) is 6.61 Å². The Hall–Kier alpha value is -2.32. The van der Waals surface area contributed by atoms with Crippen LogP contribution in [0, 0.1) is 0 Å². The van der Waals surface area contributed by atoms with E-state index >= 15 is 0 Å². The fourth-order valence-electron chi connectivity index (χ4n) is 2.44. The van der Waals surface area contributed by atoms with Crippen molar-refractivity contribution in [2.45, 2.75) is 11.9 Å². The number of rotatable bonds is 8. The molecule has 2 aromatic rings. The molecule has 0 spiro atoms. The minimum atomic E-state index is -0.0588. The molecule has 0 saturated carbocycles. The number of hydrogen-bond donors (Lipinski definition) is 1. The Bertz CT molecular complexity index is 636. The molecule has 0 atom stereocenters. The fraction of sp³-hybridized carbons (Fsp3) is 0.400. The first-order chi connectivity index (χ1) is 13.5. The number of alkyl halides is 1. The Kier molecular flexibility index (Phi) is 10.3. The van der Waals surface area contributed by atoms with Gasteiger partial charge < -0.3 is 33.5 Å². The van der Waals surface area contributed by atoms with Crippen LogP contribution in [-0.2, 0) is 11.9 Å². The number of ether oxygens (including phenoxy) is 6. The van der Waals surface area contributed by atoms with Crippen molar-refractivity contribution in [2.75, 3.05) is 42.7 Å². The monoisotopic (exact) mass is 458 g/mol. The smallest absolute Gasteiger partial charge is 0.203 e. The van der Waals surface area contributed by atoms with E-state index in [0.29, 0.717) is 34.5 Å². The highest BCUT2D eigenvalue weighted by Crippen LogP contribution is 2.39. The molecule has 8 heteroatoms. The Morgan fingerprint density at radius 1 is 0.607 bits per heavy atom. The van der Waals surface area contributed by atoms with Crippen molar-refractivity contribution >= 4 is 15.9 Å². The molecule has 0 saturated heterocycles. The molecule has 2 rings (SSSR count). The van der Waals surface area contributed by atoms with Gasteiger partial charge in [0.1, 0.15) is 0 Å². The molecule has 2 aromatic carbocycles. The number of hydrogen-bond acceptors (Lipinski definition) is 7. The summed E-state index contributed by atoms with van der Waals surface area (Å²) in [6.45, 7) is -0.0588. The number of benzene rings is 2. The molecular weight excluding hydrogens is 432 g/mol. The quantitative estimate of drug-likeness (QED) is 0.602. The van der Waals surface area contributed by atoms with Crippen molar-refractivity contribution in [2.24, 2.45) is 0 Å². The second-order valence-electron chi connectivity index (χ2n) is 5.36. The summed E-state index contributed by atoms with van der Waals surface area (Å²) in [5, 5.41) is 9.74. The van der Waals surface area contributed by atoms with E-state index in [1.165, 1.54) is 0 Å². The molecule has 28 heavy (non-hydrogen) atoms. The van der Waals surface area contributed by atoms with E-state index in [9.17, 15) is 0 Å². The summed E-state index contributed by atoms with van der Waals surface area (Å²) in [6, 6.07) is 7.24. The fourth-order valence-corrected chi connectivity index (χ4v) is 2.76. The molecule has 156 valence electrons. The van der Waals surface area contributed by atoms with Crippen LogP contribution in [0.1, 0.15) is 11.1 Å². The molecule has 0 unspecified atom stereocenters. The van der Waals surface area contributed by atoms with Crippen molar-refractivity contribution in [1.82, 2.24) is 0 Å². The SMILES string of the molecule is COc1cc(CBr)cc(OC)c1OC.COc1cc(CO)cc(OC)c1OC. The Labute approximate surface area is 174 Å². The van der Waals surface area contributed by atoms with Gasteiger partial charge in [-0.1, -0.05) is 15.9 Å². The zero-order valence-corrected chi connectivity index (χ0v) is 18.6. The average Bonchev–Trinajstić information content (AvgIpc) is 2.76. The average molecular weight is 459 g/mol. The number of methoxy groups -OCH3 is 6. The van der Waals surface area contributed by atoms with Crippen molar-refractivity contribution in [3.8, 4) is 34.5 Å². The standard InChI is InChI=1S/C10H13BrO3.C10H14O4/c2*1-12-8-4-7(6-11)5-9(13-2)10(8)14-3/h4-5H,6H2,1-3H3;4-5,11H,6H2,1-3H3. The number of aliphatic hydroxyl groups excluding tert-OH is 1. The van der Waals surface area contributed by atoms with Gasteiger partial charge in [-0.15, -0.1) is 0 Å². The Morgan fingerprint density at radius 3 is 1.14 bits per heavy atom. The van der Waals surface area contributed by atoms with Crippen molar-refractivity contribution < 1.29 is 33.5 Å². The summed E-state index contributed by atoms with van der Waals surface area (Å²) in [5.41, 5.74) is 1.80. The van der Waals surface area contributed by atoms with Gasteiger partial charge in [-0.3, -0.25) is 0 Å². The van der Waals surface area contributed by atoms with Gasteiger partial charge in [0.2, 0.25) is 11.5 Å². The topological polar surface area (TPSA) is 75.6 Å². The Morgan fingerprint density at radius 2 is 0.929 bits per heavy atom. The zero-order chi connectivity index (χ0) is 21.1. The lowest BCUT2D eigenvalue weighted by Crippen LogP contribution is -1.96. The summed E-state index contributed by atoms with van der Waals surface area (Å²) in [7, 11) is 9.43. The summed E-state index contributed by atoms with van der Waals surface area (Å²) in [6.07, 6.45) is 0. The van der Waals surface area contributed by atoms with Crippen LogP contribution in [0.25, 0.3) is 0 Å². The molecule has 0 bridgehead atoms. The Balaban J connectivity index is 0.000000280. The maximum atomic E-state index is 8.99. The van der Waals surface area contributed by atoms with Crippen LogP contribution in [0.5, 0.6) is 34.5 Å². The molecular formula is C20H27BrO7. The van der Waals surface area contributed by atoms with Gasteiger partial charge in [0, 0.05) is 5.33 Å². The highest BCUT2D eigenvalue weighted by molar-refractivity contribution is 9.08. The highest BCUT2D eigenvalue weighted by Gasteiger charge is 2.13. The third-order valence-corrected chi connectivity index (χ3v) is 4.43.